The minimum atomic E-state index is -2.82. The van der Waals surface area contributed by atoms with Gasteiger partial charge in [0.2, 0.25) is 0 Å². The first-order chi connectivity index (χ1) is 8.56. The van der Waals surface area contributed by atoms with Crippen molar-refractivity contribution in [2.45, 2.75) is 26.7 Å². The van der Waals surface area contributed by atoms with Crippen molar-refractivity contribution >= 4 is 5.97 Å². The van der Waals surface area contributed by atoms with Gasteiger partial charge < -0.3 is 4.74 Å². The summed E-state index contributed by atoms with van der Waals surface area (Å²) in [6.45, 7) is 3.44. The molecule has 0 aliphatic carbocycles. The van der Waals surface area contributed by atoms with Gasteiger partial charge in [-0.2, -0.15) is 5.26 Å². The molecule has 0 radical (unpaired) electrons. The maximum atomic E-state index is 12.9. The standard InChI is InChI=1S/C13H13F2NO2/c1-3-8-5-6-9(12(14)15)11(10(8)7-16)13(17)18-4-2/h5-6,12H,3-4H2,1-2H3. The molecule has 1 aromatic rings. The molecule has 5 heteroatoms. The summed E-state index contributed by atoms with van der Waals surface area (Å²) in [6, 6.07) is 4.44. The number of aryl methyl sites for hydroxylation is 1. The fraction of sp³-hybridized carbons (Fsp3) is 0.385. The predicted octanol–water partition coefficient (Wildman–Crippen LogP) is 3.23. The summed E-state index contributed by atoms with van der Waals surface area (Å²) in [5.74, 6) is -0.875. The molecule has 3 nitrogen and oxygen atoms in total. The van der Waals surface area contributed by atoms with Gasteiger partial charge in [-0.05, 0) is 18.9 Å². The lowest BCUT2D eigenvalue weighted by Gasteiger charge is -2.12. The van der Waals surface area contributed by atoms with Crippen LogP contribution in [0.5, 0.6) is 0 Å². The van der Waals surface area contributed by atoms with Gasteiger partial charge in [0, 0.05) is 5.56 Å². The Morgan fingerprint density at radius 2 is 2.11 bits per heavy atom. The van der Waals surface area contributed by atoms with Crippen molar-refractivity contribution in [2.24, 2.45) is 0 Å². The zero-order chi connectivity index (χ0) is 13.7. The third-order valence-electron chi connectivity index (χ3n) is 2.53. The molecular weight excluding hydrogens is 240 g/mol. The van der Waals surface area contributed by atoms with E-state index in [0.29, 0.717) is 12.0 Å². The molecule has 0 aliphatic heterocycles. The number of alkyl halides is 2. The summed E-state index contributed by atoms with van der Waals surface area (Å²) in [7, 11) is 0. The first-order valence-electron chi connectivity index (χ1n) is 5.57. The second-order valence-electron chi connectivity index (χ2n) is 3.55. The Morgan fingerprint density at radius 3 is 2.56 bits per heavy atom. The van der Waals surface area contributed by atoms with Crippen molar-refractivity contribution in [1.82, 2.24) is 0 Å². The third-order valence-corrected chi connectivity index (χ3v) is 2.53. The van der Waals surface area contributed by atoms with E-state index in [9.17, 15) is 13.6 Å². The molecule has 0 fully saturated rings. The van der Waals surface area contributed by atoms with Crippen LogP contribution in [0.3, 0.4) is 0 Å². The van der Waals surface area contributed by atoms with E-state index in [2.05, 4.69) is 0 Å². The molecule has 0 spiro atoms. The molecule has 0 saturated carbocycles. The molecule has 0 bridgehead atoms. The zero-order valence-corrected chi connectivity index (χ0v) is 10.2. The summed E-state index contributed by atoms with van der Waals surface area (Å²) < 4.78 is 30.5. The van der Waals surface area contributed by atoms with Crippen LogP contribution in [0.25, 0.3) is 0 Å². The molecule has 0 aromatic heterocycles. The minimum absolute atomic E-state index is 0.0197. The number of nitrogens with zero attached hydrogens (tertiary/aromatic N) is 1. The monoisotopic (exact) mass is 253 g/mol. The number of nitriles is 1. The molecule has 0 amide bonds. The number of hydrogen-bond acceptors (Lipinski definition) is 3. The average molecular weight is 253 g/mol. The number of benzene rings is 1. The van der Waals surface area contributed by atoms with Crippen LogP contribution in [-0.4, -0.2) is 12.6 Å². The Labute approximate surface area is 104 Å². The maximum Gasteiger partial charge on any atom is 0.339 e. The van der Waals surface area contributed by atoms with Gasteiger partial charge in [0.15, 0.2) is 0 Å². The van der Waals surface area contributed by atoms with Crippen molar-refractivity contribution in [3.63, 3.8) is 0 Å². The largest absolute Gasteiger partial charge is 0.462 e. The topological polar surface area (TPSA) is 50.1 Å². The van der Waals surface area contributed by atoms with Crippen LogP contribution in [0, 0.1) is 11.3 Å². The number of halogens is 2. The lowest BCUT2D eigenvalue weighted by molar-refractivity contribution is 0.0515. The van der Waals surface area contributed by atoms with Gasteiger partial charge in [-0.3, -0.25) is 0 Å². The van der Waals surface area contributed by atoms with Crippen LogP contribution >= 0.6 is 0 Å². The quantitative estimate of drug-likeness (QED) is 0.774. The van der Waals surface area contributed by atoms with Gasteiger partial charge in [0.05, 0.1) is 17.7 Å². The van der Waals surface area contributed by atoms with Crippen LogP contribution < -0.4 is 0 Å². The molecule has 0 N–H and O–H groups in total. The number of hydrogen-bond donors (Lipinski definition) is 0. The molecule has 0 atom stereocenters. The Hall–Kier alpha value is -1.96. The predicted molar refractivity (Wildman–Crippen MR) is 61.4 cm³/mol. The third kappa shape index (κ3) is 2.65. The average Bonchev–Trinajstić information content (AvgIpc) is 2.36. The van der Waals surface area contributed by atoms with Crippen molar-refractivity contribution in [3.8, 4) is 6.07 Å². The van der Waals surface area contributed by atoms with Crippen molar-refractivity contribution in [2.75, 3.05) is 6.61 Å². The van der Waals surface area contributed by atoms with Crippen LogP contribution in [0.4, 0.5) is 8.78 Å². The fourth-order valence-electron chi connectivity index (χ4n) is 1.69. The molecule has 0 unspecified atom stereocenters. The Kier molecular flexibility index (Phi) is 4.78. The van der Waals surface area contributed by atoms with Gasteiger partial charge in [0.1, 0.15) is 6.07 Å². The molecule has 1 rings (SSSR count). The van der Waals surface area contributed by atoms with E-state index in [1.807, 2.05) is 6.07 Å². The number of ether oxygens (including phenoxy) is 1. The first kappa shape index (κ1) is 14.1. The highest BCUT2D eigenvalue weighted by Crippen LogP contribution is 2.28. The number of rotatable bonds is 4. The van der Waals surface area contributed by atoms with Gasteiger partial charge in [-0.25, -0.2) is 13.6 Å². The van der Waals surface area contributed by atoms with E-state index < -0.39 is 18.0 Å². The second-order valence-corrected chi connectivity index (χ2v) is 3.55. The SMILES string of the molecule is CCOC(=O)c1c(C(F)F)ccc(CC)c1C#N. The van der Waals surface area contributed by atoms with Gasteiger partial charge in [-0.15, -0.1) is 0 Å². The molecular formula is C13H13F2NO2. The van der Waals surface area contributed by atoms with Crippen molar-refractivity contribution in [3.05, 3.63) is 34.4 Å². The van der Waals surface area contributed by atoms with Crippen LogP contribution in [0.1, 0.15) is 47.3 Å². The second kappa shape index (κ2) is 6.10. The highest BCUT2D eigenvalue weighted by molar-refractivity contribution is 5.94. The highest BCUT2D eigenvalue weighted by atomic mass is 19.3. The van der Waals surface area contributed by atoms with Crippen molar-refractivity contribution in [1.29, 1.82) is 5.26 Å². The number of carbonyl (C=O) groups excluding carboxylic acids is 1. The Balaban J connectivity index is 3.49. The highest BCUT2D eigenvalue weighted by Gasteiger charge is 2.24. The summed E-state index contributed by atoms with van der Waals surface area (Å²) in [6.07, 6.45) is -2.33. The summed E-state index contributed by atoms with van der Waals surface area (Å²) in [5, 5.41) is 9.05. The normalized spacial score (nSPS) is 10.2. The van der Waals surface area contributed by atoms with Crippen LogP contribution in [-0.2, 0) is 11.2 Å². The molecule has 96 valence electrons. The summed E-state index contributed by atoms with van der Waals surface area (Å²) in [5.41, 5.74) is -0.227. The lowest BCUT2D eigenvalue weighted by atomic mass is 9.95. The van der Waals surface area contributed by atoms with Crippen LogP contribution in [0.2, 0.25) is 0 Å². The van der Waals surface area contributed by atoms with E-state index in [4.69, 9.17) is 10.00 Å². The molecule has 0 aliphatic rings. The Bertz CT molecular complexity index is 492. The molecule has 18 heavy (non-hydrogen) atoms. The van der Waals surface area contributed by atoms with E-state index in [0.717, 1.165) is 0 Å². The lowest BCUT2D eigenvalue weighted by Crippen LogP contribution is -2.12. The maximum absolute atomic E-state index is 12.9. The summed E-state index contributed by atoms with van der Waals surface area (Å²) in [4.78, 5) is 11.7. The van der Waals surface area contributed by atoms with Crippen molar-refractivity contribution < 1.29 is 18.3 Å². The van der Waals surface area contributed by atoms with E-state index in [1.54, 1.807) is 13.8 Å². The Morgan fingerprint density at radius 1 is 1.44 bits per heavy atom. The van der Waals surface area contributed by atoms with E-state index in [1.165, 1.54) is 12.1 Å². The smallest absolute Gasteiger partial charge is 0.339 e. The molecule has 1 aromatic carbocycles. The first-order valence-corrected chi connectivity index (χ1v) is 5.57. The fourth-order valence-corrected chi connectivity index (χ4v) is 1.69. The van der Waals surface area contributed by atoms with E-state index in [-0.39, 0.29) is 17.7 Å². The van der Waals surface area contributed by atoms with E-state index >= 15 is 0 Å². The van der Waals surface area contributed by atoms with Gasteiger partial charge >= 0.3 is 5.97 Å². The van der Waals surface area contributed by atoms with Gasteiger partial charge in [-0.1, -0.05) is 19.1 Å². The molecule has 0 saturated heterocycles. The summed E-state index contributed by atoms with van der Waals surface area (Å²) >= 11 is 0. The molecule has 0 heterocycles. The van der Waals surface area contributed by atoms with Gasteiger partial charge in [0.25, 0.3) is 6.43 Å². The number of esters is 1. The number of carbonyl (C=O) groups is 1. The minimum Gasteiger partial charge on any atom is -0.462 e. The van der Waals surface area contributed by atoms with Crippen LogP contribution in [0.15, 0.2) is 12.1 Å². The zero-order valence-electron chi connectivity index (χ0n) is 10.2.